The Balaban J connectivity index is 1.39. The van der Waals surface area contributed by atoms with E-state index in [-0.39, 0.29) is 18.1 Å². The van der Waals surface area contributed by atoms with Crippen LogP contribution in [0, 0.1) is 0 Å². The number of carbonyl (C=O) groups excluding carboxylic acids is 1. The molecular formula is C20H19N7O3S. The minimum absolute atomic E-state index is 0.164. The van der Waals surface area contributed by atoms with Crippen molar-refractivity contribution in [2.24, 2.45) is 0 Å². The van der Waals surface area contributed by atoms with Gasteiger partial charge in [0.25, 0.3) is 5.91 Å². The van der Waals surface area contributed by atoms with E-state index in [1.165, 1.54) is 17.7 Å². The number of thiazole rings is 1. The Hall–Kier alpha value is -4.12. The third kappa shape index (κ3) is 4.90. The number of aromatic nitrogens is 3. The summed E-state index contributed by atoms with van der Waals surface area (Å²) in [6.45, 7) is -0.164. The maximum absolute atomic E-state index is 12.0. The number of hydrogen-bond acceptors (Lipinski definition) is 10. The summed E-state index contributed by atoms with van der Waals surface area (Å²) in [6.07, 6.45) is 1.32. The van der Waals surface area contributed by atoms with Crippen LogP contribution in [0.1, 0.15) is 0 Å². The van der Waals surface area contributed by atoms with Gasteiger partial charge < -0.3 is 20.5 Å². The molecule has 0 fully saturated rings. The van der Waals surface area contributed by atoms with Gasteiger partial charge >= 0.3 is 0 Å². The Morgan fingerprint density at radius 3 is 2.71 bits per heavy atom. The molecule has 4 aromatic rings. The number of amides is 1. The second kappa shape index (κ2) is 9.13. The summed E-state index contributed by atoms with van der Waals surface area (Å²) in [7, 11) is 1.62. The zero-order chi connectivity index (χ0) is 21.6. The molecular weight excluding hydrogens is 418 g/mol. The number of nitrogens with zero attached hydrogens (tertiary/aromatic N) is 3. The number of benzene rings is 2. The van der Waals surface area contributed by atoms with Gasteiger partial charge in [-0.3, -0.25) is 15.6 Å². The number of methoxy groups -OCH3 is 1. The molecule has 1 amide bonds. The number of ether oxygens (including phenoxy) is 2. The van der Waals surface area contributed by atoms with Gasteiger partial charge in [-0.25, -0.2) is 15.0 Å². The molecule has 0 atom stereocenters. The number of nitrogen functional groups attached to an aromatic ring is 1. The van der Waals surface area contributed by atoms with Crippen LogP contribution in [-0.4, -0.2) is 34.6 Å². The van der Waals surface area contributed by atoms with Crippen molar-refractivity contribution in [3.63, 3.8) is 0 Å². The van der Waals surface area contributed by atoms with Gasteiger partial charge in [0.1, 0.15) is 23.5 Å². The van der Waals surface area contributed by atoms with Crippen LogP contribution in [0.25, 0.3) is 10.2 Å². The fraction of sp³-hybridized carbons (Fsp3) is 0.100. The maximum Gasteiger partial charge on any atom is 0.276 e. The van der Waals surface area contributed by atoms with E-state index < -0.39 is 5.91 Å². The predicted molar refractivity (Wildman–Crippen MR) is 120 cm³/mol. The van der Waals surface area contributed by atoms with Gasteiger partial charge in [-0.2, -0.15) is 0 Å². The molecule has 5 N–H and O–H groups in total. The number of fused-ring (bicyclic) bond motifs is 1. The Morgan fingerprint density at radius 2 is 1.90 bits per heavy atom. The molecule has 0 saturated carbocycles. The van der Waals surface area contributed by atoms with Crippen molar-refractivity contribution < 1.29 is 14.3 Å². The summed E-state index contributed by atoms with van der Waals surface area (Å²) >= 11 is 1.43. The molecule has 2 heterocycles. The molecule has 158 valence electrons. The van der Waals surface area contributed by atoms with Gasteiger partial charge in [0.05, 0.1) is 17.3 Å². The molecule has 0 bridgehead atoms. The van der Waals surface area contributed by atoms with Crippen LogP contribution in [0.3, 0.4) is 0 Å². The number of nitrogens with one attached hydrogen (secondary N) is 3. The molecule has 0 radical (unpaired) electrons. The predicted octanol–water partition coefficient (Wildman–Crippen LogP) is 2.94. The number of rotatable bonds is 8. The van der Waals surface area contributed by atoms with Crippen LogP contribution < -0.4 is 31.4 Å². The first kappa shape index (κ1) is 20.2. The summed E-state index contributed by atoms with van der Waals surface area (Å²) in [5, 5.41) is 3.70. The number of hydrogen-bond donors (Lipinski definition) is 4. The topological polar surface area (TPSA) is 136 Å². The highest BCUT2D eigenvalue weighted by Crippen LogP contribution is 2.32. The monoisotopic (exact) mass is 437 g/mol. The van der Waals surface area contributed by atoms with E-state index in [1.807, 2.05) is 36.4 Å². The number of anilines is 4. The smallest absolute Gasteiger partial charge is 0.276 e. The van der Waals surface area contributed by atoms with E-state index in [9.17, 15) is 4.79 Å². The van der Waals surface area contributed by atoms with E-state index in [1.54, 1.807) is 19.2 Å². The van der Waals surface area contributed by atoms with Gasteiger partial charge in [-0.1, -0.05) is 29.5 Å². The first-order chi connectivity index (χ1) is 15.1. The highest BCUT2D eigenvalue weighted by atomic mass is 32.1. The average Bonchev–Trinajstić information content (AvgIpc) is 3.20. The largest absolute Gasteiger partial charge is 0.497 e. The first-order valence-corrected chi connectivity index (χ1v) is 9.99. The fourth-order valence-electron chi connectivity index (χ4n) is 2.61. The second-order valence-corrected chi connectivity index (χ2v) is 7.27. The van der Waals surface area contributed by atoms with E-state index in [2.05, 4.69) is 31.1 Å². The lowest BCUT2D eigenvalue weighted by atomic mass is 10.3. The Bertz CT molecular complexity index is 1200. The van der Waals surface area contributed by atoms with Crippen LogP contribution in [0.2, 0.25) is 0 Å². The lowest BCUT2D eigenvalue weighted by Crippen LogP contribution is -2.34. The molecule has 0 aliphatic heterocycles. The summed E-state index contributed by atoms with van der Waals surface area (Å²) in [5.74, 6) is 1.56. The molecule has 2 aromatic heterocycles. The van der Waals surface area contributed by atoms with E-state index in [0.717, 1.165) is 16.0 Å². The van der Waals surface area contributed by atoms with E-state index in [0.29, 0.717) is 16.7 Å². The summed E-state index contributed by atoms with van der Waals surface area (Å²) in [6, 6.07) is 14.7. The highest BCUT2D eigenvalue weighted by Gasteiger charge is 2.12. The van der Waals surface area contributed by atoms with Gasteiger partial charge in [0.15, 0.2) is 23.4 Å². The van der Waals surface area contributed by atoms with Crippen molar-refractivity contribution in [2.45, 2.75) is 0 Å². The maximum atomic E-state index is 12.0. The van der Waals surface area contributed by atoms with Crippen LogP contribution in [0.4, 0.5) is 22.5 Å². The van der Waals surface area contributed by atoms with Gasteiger partial charge in [0.2, 0.25) is 0 Å². The molecule has 0 spiro atoms. The third-order valence-electron chi connectivity index (χ3n) is 4.14. The van der Waals surface area contributed by atoms with Crippen LogP contribution in [-0.2, 0) is 4.79 Å². The molecule has 31 heavy (non-hydrogen) atoms. The molecule has 10 nitrogen and oxygen atoms in total. The lowest BCUT2D eigenvalue weighted by Gasteiger charge is -2.12. The van der Waals surface area contributed by atoms with E-state index in [4.69, 9.17) is 15.2 Å². The van der Waals surface area contributed by atoms with Crippen molar-refractivity contribution >= 4 is 49.9 Å². The van der Waals surface area contributed by atoms with E-state index >= 15 is 0 Å². The minimum Gasteiger partial charge on any atom is -0.497 e. The van der Waals surface area contributed by atoms with Gasteiger partial charge in [-0.05, 0) is 30.3 Å². The molecule has 2 aromatic carbocycles. The fourth-order valence-corrected chi connectivity index (χ4v) is 3.51. The summed E-state index contributed by atoms with van der Waals surface area (Å²) in [4.78, 5) is 24.7. The Labute approximate surface area is 181 Å². The average molecular weight is 437 g/mol. The molecule has 0 aliphatic rings. The number of hydrazine groups is 1. The van der Waals surface area contributed by atoms with Crippen molar-refractivity contribution in [3.05, 3.63) is 54.9 Å². The first-order valence-electron chi connectivity index (χ1n) is 9.17. The van der Waals surface area contributed by atoms with Crippen LogP contribution in [0.5, 0.6) is 11.5 Å². The number of nitrogens with two attached hydrogens (primary N) is 1. The standard InChI is InChI=1S/C20H19N7O3S/c1-29-13-7-8-14-15(9-13)31-20(24-14)25-18-17(21)19(23-11-22-18)27-26-16(28)10-30-12-5-3-2-4-6-12/h2-9,11H,10,21H2,1H3,(H,26,28)(H2,22,23,24,25,27). The van der Waals surface area contributed by atoms with Crippen molar-refractivity contribution in [3.8, 4) is 11.5 Å². The third-order valence-corrected chi connectivity index (χ3v) is 5.07. The van der Waals surface area contributed by atoms with Crippen molar-refractivity contribution in [1.82, 2.24) is 20.4 Å². The molecule has 0 unspecified atom stereocenters. The molecule has 0 saturated heterocycles. The normalized spacial score (nSPS) is 10.5. The quantitative estimate of drug-likeness (QED) is 0.307. The zero-order valence-corrected chi connectivity index (χ0v) is 17.3. The van der Waals surface area contributed by atoms with Gasteiger partial charge in [-0.15, -0.1) is 0 Å². The zero-order valence-electron chi connectivity index (χ0n) is 16.5. The number of carbonyl (C=O) groups is 1. The molecule has 11 heteroatoms. The SMILES string of the molecule is COc1ccc2nc(Nc3ncnc(NNC(=O)COc4ccccc4)c3N)sc2c1. The minimum atomic E-state index is -0.392. The Morgan fingerprint density at radius 1 is 1.10 bits per heavy atom. The second-order valence-electron chi connectivity index (χ2n) is 6.24. The van der Waals surface area contributed by atoms with Crippen LogP contribution >= 0.6 is 11.3 Å². The van der Waals surface area contributed by atoms with Crippen LogP contribution in [0.15, 0.2) is 54.9 Å². The van der Waals surface area contributed by atoms with Crippen molar-refractivity contribution in [2.75, 3.05) is 30.2 Å². The van der Waals surface area contributed by atoms with Gasteiger partial charge in [0, 0.05) is 0 Å². The number of para-hydroxylation sites is 1. The summed E-state index contributed by atoms with van der Waals surface area (Å²) in [5.41, 5.74) is 12.4. The highest BCUT2D eigenvalue weighted by molar-refractivity contribution is 7.22. The Kier molecular flexibility index (Phi) is 5.94. The molecule has 4 rings (SSSR count). The lowest BCUT2D eigenvalue weighted by molar-refractivity contribution is -0.122. The summed E-state index contributed by atoms with van der Waals surface area (Å²) < 4.78 is 11.6. The van der Waals surface area contributed by atoms with Crippen molar-refractivity contribution in [1.29, 1.82) is 0 Å². The molecule has 0 aliphatic carbocycles.